The fraction of sp³-hybridized carbons (Fsp3) is 0.765. The second-order valence-electron chi connectivity index (χ2n) is 14.7. The molecule has 5 heteroatoms. The van der Waals surface area contributed by atoms with Crippen molar-refractivity contribution in [1.82, 2.24) is 0 Å². The van der Waals surface area contributed by atoms with E-state index in [4.69, 9.17) is 4.18 Å². The highest BCUT2D eigenvalue weighted by Gasteiger charge is 2.61. The van der Waals surface area contributed by atoms with E-state index < -0.39 is 10.1 Å². The number of fused-ring (bicyclic) bond motifs is 5. The fourth-order valence-electron chi connectivity index (χ4n) is 9.76. The Balaban J connectivity index is 1.29. The average Bonchev–Trinajstić information content (AvgIpc) is 3.14. The van der Waals surface area contributed by atoms with Gasteiger partial charge in [0.2, 0.25) is 0 Å². The lowest BCUT2D eigenvalue weighted by molar-refractivity contribution is -0.0606. The van der Waals surface area contributed by atoms with Gasteiger partial charge >= 0.3 is 0 Å². The predicted molar refractivity (Wildman–Crippen MR) is 158 cm³/mol. The van der Waals surface area contributed by atoms with Gasteiger partial charge in [-0.3, -0.25) is 4.18 Å². The largest absolute Gasteiger partial charge is 0.393 e. The van der Waals surface area contributed by atoms with Crippen LogP contribution in [0.2, 0.25) is 0 Å². The van der Waals surface area contributed by atoms with Crippen LogP contribution < -0.4 is 0 Å². The molecular formula is C34H52O4S. The van der Waals surface area contributed by atoms with Gasteiger partial charge in [-0.1, -0.05) is 83.2 Å². The standard InChI is InChI=1S/C34H52O4S/c1-22(2)8-7-9-24(4)32-31(35)21-30-28-15-12-25-20-26(38-39(36,37)27-13-10-23(3)11-14-27)16-18-33(25,5)29(28)17-19-34(30,32)6/h10-14,22,24,26,28-32,35H,7-9,15-21H2,1-6H3/t24-,26+,28-,29+,30+,31+,32+,33+,34+/m1/s1. The van der Waals surface area contributed by atoms with Crippen molar-refractivity contribution in [3.05, 3.63) is 41.5 Å². The first kappa shape index (κ1) is 29.3. The van der Waals surface area contributed by atoms with E-state index in [9.17, 15) is 13.5 Å². The summed E-state index contributed by atoms with van der Waals surface area (Å²) in [5.41, 5.74) is 2.79. The first-order valence-electron chi connectivity index (χ1n) is 15.7. The molecule has 0 aromatic heterocycles. The molecule has 218 valence electrons. The van der Waals surface area contributed by atoms with Crippen molar-refractivity contribution in [2.75, 3.05) is 0 Å². The summed E-state index contributed by atoms with van der Waals surface area (Å²) < 4.78 is 31.8. The Kier molecular flexibility index (Phi) is 8.20. The van der Waals surface area contributed by atoms with E-state index in [0.717, 1.165) is 37.2 Å². The highest BCUT2D eigenvalue weighted by atomic mass is 32.2. The van der Waals surface area contributed by atoms with Crippen LogP contribution in [0.1, 0.15) is 104 Å². The molecule has 5 rings (SSSR count). The summed E-state index contributed by atoms with van der Waals surface area (Å²) in [7, 11) is -3.76. The van der Waals surface area contributed by atoms with E-state index in [0.29, 0.717) is 36.0 Å². The lowest BCUT2D eigenvalue weighted by atomic mass is 9.47. The molecule has 0 spiro atoms. The van der Waals surface area contributed by atoms with Crippen molar-refractivity contribution >= 4 is 10.1 Å². The van der Waals surface area contributed by atoms with Crippen LogP contribution in [0.4, 0.5) is 0 Å². The van der Waals surface area contributed by atoms with Crippen LogP contribution >= 0.6 is 0 Å². The second-order valence-corrected chi connectivity index (χ2v) is 16.2. The van der Waals surface area contributed by atoms with E-state index >= 15 is 0 Å². The predicted octanol–water partition coefficient (Wildman–Crippen LogP) is 8.08. The van der Waals surface area contributed by atoms with Gasteiger partial charge in [0.25, 0.3) is 10.1 Å². The Hall–Kier alpha value is -1.17. The highest BCUT2D eigenvalue weighted by Crippen LogP contribution is 2.67. The Morgan fingerprint density at radius 3 is 2.44 bits per heavy atom. The fourth-order valence-corrected chi connectivity index (χ4v) is 10.9. The maximum atomic E-state index is 13.0. The number of hydrogen-bond acceptors (Lipinski definition) is 4. The lowest BCUT2D eigenvalue weighted by Gasteiger charge is -2.58. The monoisotopic (exact) mass is 556 g/mol. The van der Waals surface area contributed by atoms with Crippen molar-refractivity contribution in [2.45, 2.75) is 123 Å². The summed E-state index contributed by atoms with van der Waals surface area (Å²) in [5, 5.41) is 11.4. The van der Waals surface area contributed by atoms with Gasteiger partial charge in [-0.05, 0) is 110 Å². The molecule has 0 radical (unpaired) electrons. The lowest BCUT2D eigenvalue weighted by Crippen LogP contribution is -2.51. The van der Waals surface area contributed by atoms with Gasteiger partial charge in [0, 0.05) is 0 Å². The summed E-state index contributed by atoms with van der Waals surface area (Å²) in [6, 6.07) is 6.95. The van der Waals surface area contributed by atoms with Crippen molar-refractivity contribution in [1.29, 1.82) is 0 Å². The molecule has 0 aliphatic heterocycles. The Morgan fingerprint density at radius 1 is 1.03 bits per heavy atom. The van der Waals surface area contributed by atoms with E-state index in [1.807, 2.05) is 19.1 Å². The first-order valence-corrected chi connectivity index (χ1v) is 17.1. The number of hydrogen-bond donors (Lipinski definition) is 1. The van der Waals surface area contributed by atoms with Crippen LogP contribution in [0.3, 0.4) is 0 Å². The maximum absolute atomic E-state index is 13.0. The van der Waals surface area contributed by atoms with Crippen molar-refractivity contribution in [3.63, 3.8) is 0 Å². The molecule has 0 amide bonds. The molecule has 0 bridgehead atoms. The van der Waals surface area contributed by atoms with Gasteiger partial charge in [0.1, 0.15) is 0 Å². The van der Waals surface area contributed by atoms with Gasteiger partial charge in [0.15, 0.2) is 0 Å². The molecule has 4 aliphatic rings. The van der Waals surface area contributed by atoms with Gasteiger partial charge in [-0.2, -0.15) is 8.42 Å². The van der Waals surface area contributed by atoms with Crippen molar-refractivity contribution in [3.8, 4) is 0 Å². The quantitative estimate of drug-likeness (QED) is 0.260. The minimum absolute atomic E-state index is 0.115. The number of aliphatic hydroxyl groups excluding tert-OH is 1. The van der Waals surface area contributed by atoms with E-state index in [1.165, 1.54) is 37.7 Å². The van der Waals surface area contributed by atoms with Crippen molar-refractivity contribution in [2.24, 2.45) is 46.3 Å². The van der Waals surface area contributed by atoms with Crippen LogP contribution in [-0.4, -0.2) is 25.7 Å². The zero-order valence-corrected chi connectivity index (χ0v) is 26.0. The molecule has 4 nitrogen and oxygen atoms in total. The molecule has 3 saturated carbocycles. The topological polar surface area (TPSA) is 63.6 Å². The summed E-state index contributed by atoms with van der Waals surface area (Å²) >= 11 is 0. The first-order chi connectivity index (χ1) is 18.3. The number of allylic oxidation sites excluding steroid dienone is 1. The van der Waals surface area contributed by atoms with Crippen molar-refractivity contribution < 1.29 is 17.7 Å². The molecule has 3 fully saturated rings. The summed E-state index contributed by atoms with van der Waals surface area (Å²) in [6.07, 6.45) is 12.7. The molecule has 4 aliphatic carbocycles. The maximum Gasteiger partial charge on any atom is 0.297 e. The third kappa shape index (κ3) is 5.42. The van der Waals surface area contributed by atoms with Gasteiger partial charge in [0.05, 0.1) is 17.1 Å². The van der Waals surface area contributed by atoms with Crippen LogP contribution in [0.15, 0.2) is 40.8 Å². The summed E-state index contributed by atoms with van der Waals surface area (Å²) in [5.74, 6) is 3.54. The van der Waals surface area contributed by atoms with E-state index in [-0.39, 0.29) is 27.9 Å². The molecule has 1 aromatic rings. The smallest absolute Gasteiger partial charge is 0.297 e. The molecule has 39 heavy (non-hydrogen) atoms. The third-order valence-corrected chi connectivity index (χ3v) is 13.2. The molecule has 1 aromatic carbocycles. The average molecular weight is 557 g/mol. The molecule has 9 atom stereocenters. The number of rotatable bonds is 8. The zero-order valence-electron chi connectivity index (χ0n) is 25.2. The van der Waals surface area contributed by atoms with Crippen LogP contribution in [0, 0.1) is 53.3 Å². The Bertz CT molecular complexity index is 1150. The van der Waals surface area contributed by atoms with E-state index in [1.54, 1.807) is 12.1 Å². The number of benzene rings is 1. The second kappa shape index (κ2) is 10.9. The van der Waals surface area contributed by atoms with Crippen LogP contribution in [0.25, 0.3) is 0 Å². The van der Waals surface area contributed by atoms with Gasteiger partial charge in [-0.15, -0.1) is 0 Å². The molecule has 0 heterocycles. The summed E-state index contributed by atoms with van der Waals surface area (Å²) in [4.78, 5) is 0.249. The number of aryl methyl sites for hydroxylation is 1. The highest BCUT2D eigenvalue weighted by molar-refractivity contribution is 7.86. The molecule has 1 N–H and O–H groups in total. The molecule has 0 unspecified atom stereocenters. The Labute approximate surface area is 238 Å². The SMILES string of the molecule is Cc1ccc(S(=O)(=O)O[C@H]2CC[C@@]3(C)C(=CC[C@H]4[C@@H]5C[C@H](O)[C@H]([C@H](C)CCCC(C)C)[C@@]5(C)CC[C@@H]43)C2)cc1. The van der Waals surface area contributed by atoms with E-state index in [2.05, 4.69) is 40.7 Å². The molecular weight excluding hydrogens is 504 g/mol. The Morgan fingerprint density at radius 2 is 1.74 bits per heavy atom. The normalized spacial score (nSPS) is 39.0. The van der Waals surface area contributed by atoms with Gasteiger partial charge < -0.3 is 5.11 Å². The van der Waals surface area contributed by atoms with Crippen LogP contribution in [-0.2, 0) is 14.3 Å². The third-order valence-electron chi connectivity index (χ3n) is 11.8. The van der Waals surface area contributed by atoms with Gasteiger partial charge in [-0.25, -0.2) is 0 Å². The van der Waals surface area contributed by atoms with Crippen LogP contribution in [0.5, 0.6) is 0 Å². The number of aliphatic hydroxyl groups is 1. The summed E-state index contributed by atoms with van der Waals surface area (Å²) in [6.45, 7) is 13.9. The zero-order chi connectivity index (χ0) is 28.2. The minimum Gasteiger partial charge on any atom is -0.393 e. The molecule has 0 saturated heterocycles. The minimum atomic E-state index is -3.76.